The summed E-state index contributed by atoms with van der Waals surface area (Å²) in [4.78, 5) is 44.8. The van der Waals surface area contributed by atoms with Gasteiger partial charge >= 0.3 is 5.97 Å². The van der Waals surface area contributed by atoms with E-state index in [2.05, 4.69) is 34.2 Å². The first-order chi connectivity index (χ1) is 18.8. The van der Waals surface area contributed by atoms with Gasteiger partial charge in [0.15, 0.2) is 0 Å². The molecule has 2 heterocycles. The Bertz CT molecular complexity index is 1230. The highest BCUT2D eigenvalue weighted by molar-refractivity contribution is 6.03. The van der Waals surface area contributed by atoms with E-state index in [1.54, 1.807) is 24.0 Å². The van der Waals surface area contributed by atoms with Crippen molar-refractivity contribution >= 4 is 23.8 Å². The number of hydrogen-bond acceptors (Lipinski definition) is 7. The summed E-state index contributed by atoms with van der Waals surface area (Å²) in [6.45, 7) is 6.97. The molecule has 1 amide bonds. The van der Waals surface area contributed by atoms with Gasteiger partial charge in [0.2, 0.25) is 6.41 Å². The van der Waals surface area contributed by atoms with Crippen molar-refractivity contribution in [3.05, 3.63) is 87.2 Å². The summed E-state index contributed by atoms with van der Waals surface area (Å²) in [5.41, 5.74) is 3.90. The second-order valence-corrected chi connectivity index (χ2v) is 10.2. The molecule has 4 rings (SSSR count). The molecular weight excluding hydrogens is 496 g/mol. The smallest absolute Gasteiger partial charge is 0.315 e. The highest BCUT2D eigenvalue weighted by Crippen LogP contribution is 2.41. The van der Waals surface area contributed by atoms with Crippen LogP contribution in [-0.2, 0) is 14.3 Å². The molecule has 9 heteroatoms. The summed E-state index contributed by atoms with van der Waals surface area (Å²) in [6, 6.07) is 16.8. The zero-order valence-corrected chi connectivity index (χ0v) is 22.8. The summed E-state index contributed by atoms with van der Waals surface area (Å²) in [6.07, 6.45) is 3.79. The van der Waals surface area contributed by atoms with Crippen molar-refractivity contribution in [2.45, 2.75) is 44.9 Å². The van der Waals surface area contributed by atoms with Gasteiger partial charge in [0, 0.05) is 30.3 Å². The van der Waals surface area contributed by atoms with Crippen molar-refractivity contribution in [1.29, 1.82) is 0 Å². The van der Waals surface area contributed by atoms with Gasteiger partial charge in [0.25, 0.3) is 5.69 Å². The number of nitro groups is 1. The molecule has 0 radical (unpaired) electrons. The molecule has 0 bridgehead atoms. The Hall–Kier alpha value is -3.85. The number of methoxy groups -OCH3 is 1. The Labute approximate surface area is 229 Å². The molecule has 2 aromatic rings. The van der Waals surface area contributed by atoms with E-state index in [-0.39, 0.29) is 5.69 Å². The van der Waals surface area contributed by atoms with Crippen LogP contribution in [0, 0.1) is 16.0 Å². The van der Waals surface area contributed by atoms with Crippen molar-refractivity contribution in [2.75, 3.05) is 33.3 Å². The van der Waals surface area contributed by atoms with Crippen LogP contribution in [-0.4, -0.2) is 66.1 Å². The third-order valence-corrected chi connectivity index (χ3v) is 7.88. The van der Waals surface area contributed by atoms with Crippen LogP contribution in [0.5, 0.6) is 0 Å². The molecular formula is C30H36N4O5. The van der Waals surface area contributed by atoms with Crippen LogP contribution in [0.4, 0.5) is 5.69 Å². The average molecular weight is 533 g/mol. The fraction of sp³-hybridized carbons (Fsp3) is 0.433. The number of esters is 1. The minimum absolute atomic E-state index is 0.0416. The number of aliphatic imine (C=N–C) groups is 1. The first-order valence-corrected chi connectivity index (χ1v) is 13.4. The molecule has 0 saturated carbocycles. The summed E-state index contributed by atoms with van der Waals surface area (Å²) >= 11 is 0. The molecule has 2 aromatic carbocycles. The molecule has 0 spiro atoms. The maximum atomic E-state index is 12.9. The number of benzene rings is 2. The lowest BCUT2D eigenvalue weighted by Gasteiger charge is -2.37. The highest BCUT2D eigenvalue weighted by atomic mass is 16.6. The van der Waals surface area contributed by atoms with Crippen LogP contribution in [0.2, 0.25) is 0 Å². The number of carbonyl (C=O) groups excluding carboxylic acids is 2. The SMILES string of the molecule is COC(=O)C1C(C)=NC(C)=C(N(C=O)CCCN2CCC(c3ccccc3)CC2)C1c1ccc([N+](=O)[O-])cc1. The van der Waals surface area contributed by atoms with Crippen molar-refractivity contribution in [1.82, 2.24) is 9.80 Å². The third kappa shape index (κ3) is 6.42. The first-order valence-electron chi connectivity index (χ1n) is 13.4. The van der Waals surface area contributed by atoms with Crippen LogP contribution in [0.25, 0.3) is 0 Å². The van der Waals surface area contributed by atoms with Gasteiger partial charge in [-0.2, -0.15) is 0 Å². The number of likely N-dealkylation sites (tertiary alicyclic amines) is 1. The maximum absolute atomic E-state index is 12.9. The Kier molecular flexibility index (Phi) is 9.24. The minimum atomic E-state index is -0.741. The number of amides is 1. The number of hydrogen-bond donors (Lipinski definition) is 0. The van der Waals surface area contributed by atoms with Gasteiger partial charge in [-0.3, -0.25) is 24.7 Å². The van der Waals surface area contributed by atoms with E-state index in [9.17, 15) is 19.7 Å². The van der Waals surface area contributed by atoms with Gasteiger partial charge in [-0.25, -0.2) is 0 Å². The Morgan fingerprint density at radius 3 is 2.36 bits per heavy atom. The summed E-state index contributed by atoms with van der Waals surface area (Å²) in [5.74, 6) is -1.17. The van der Waals surface area contributed by atoms with Gasteiger partial charge in [-0.05, 0) is 69.8 Å². The monoisotopic (exact) mass is 532 g/mol. The standard InChI is InChI=1S/C30H36N4O5/c1-21-27(30(36)39-3)28(25-10-12-26(13-11-25)34(37)38)29(22(2)31-21)33(20-35)17-7-16-32-18-14-24(15-19-32)23-8-5-4-6-9-23/h4-6,8-13,20,24,27-28H,7,14-19H2,1-3H3. The maximum Gasteiger partial charge on any atom is 0.315 e. The quantitative estimate of drug-likeness (QED) is 0.187. The highest BCUT2D eigenvalue weighted by Gasteiger charge is 2.41. The van der Waals surface area contributed by atoms with Gasteiger partial charge in [0.1, 0.15) is 5.92 Å². The molecule has 9 nitrogen and oxygen atoms in total. The summed E-state index contributed by atoms with van der Waals surface area (Å²) < 4.78 is 5.11. The molecule has 2 aliphatic rings. The number of nitrogens with zero attached hydrogens (tertiary/aromatic N) is 4. The van der Waals surface area contributed by atoms with Crippen molar-refractivity contribution in [3.63, 3.8) is 0 Å². The largest absolute Gasteiger partial charge is 0.468 e. The molecule has 2 unspecified atom stereocenters. The Morgan fingerprint density at radius 1 is 1.10 bits per heavy atom. The zero-order valence-electron chi connectivity index (χ0n) is 22.8. The molecule has 0 aliphatic carbocycles. The molecule has 0 N–H and O–H groups in total. The number of ether oxygens (including phenoxy) is 1. The van der Waals surface area contributed by atoms with Gasteiger partial charge in [-0.1, -0.05) is 42.5 Å². The average Bonchev–Trinajstić information content (AvgIpc) is 2.96. The van der Waals surface area contributed by atoms with Gasteiger partial charge < -0.3 is 14.5 Å². The Balaban J connectivity index is 1.49. The normalized spacial score (nSPS) is 20.3. The van der Waals surface area contributed by atoms with E-state index >= 15 is 0 Å². The summed E-state index contributed by atoms with van der Waals surface area (Å²) in [7, 11) is 1.33. The predicted molar refractivity (Wildman–Crippen MR) is 149 cm³/mol. The number of piperidine rings is 1. The molecule has 2 atom stereocenters. The Morgan fingerprint density at radius 2 is 1.77 bits per heavy atom. The van der Waals surface area contributed by atoms with Gasteiger partial charge in [0.05, 0.1) is 23.4 Å². The second-order valence-electron chi connectivity index (χ2n) is 10.2. The summed E-state index contributed by atoms with van der Waals surface area (Å²) in [5, 5.41) is 11.2. The van der Waals surface area contributed by atoms with E-state index < -0.39 is 22.7 Å². The first kappa shape index (κ1) is 28.2. The van der Waals surface area contributed by atoms with Crippen LogP contribution in [0.15, 0.2) is 71.0 Å². The molecule has 0 aromatic heterocycles. The van der Waals surface area contributed by atoms with Crippen LogP contribution in [0.3, 0.4) is 0 Å². The van der Waals surface area contributed by atoms with E-state index in [4.69, 9.17) is 4.74 Å². The molecule has 2 aliphatic heterocycles. The second kappa shape index (κ2) is 12.8. The lowest BCUT2D eigenvalue weighted by atomic mass is 9.78. The van der Waals surface area contributed by atoms with Crippen LogP contribution < -0.4 is 0 Å². The number of nitro benzene ring substituents is 1. The fourth-order valence-corrected chi connectivity index (χ4v) is 5.90. The van der Waals surface area contributed by atoms with Crippen molar-refractivity contribution < 1.29 is 19.2 Å². The zero-order chi connectivity index (χ0) is 27.9. The number of non-ortho nitro benzene ring substituents is 1. The van der Waals surface area contributed by atoms with E-state index in [1.165, 1.54) is 24.8 Å². The van der Waals surface area contributed by atoms with E-state index in [1.807, 2.05) is 13.0 Å². The van der Waals surface area contributed by atoms with E-state index in [0.29, 0.717) is 35.1 Å². The van der Waals surface area contributed by atoms with Crippen molar-refractivity contribution in [2.24, 2.45) is 10.9 Å². The van der Waals surface area contributed by atoms with Crippen LogP contribution in [0.1, 0.15) is 56.1 Å². The minimum Gasteiger partial charge on any atom is -0.468 e. The number of allylic oxidation sites excluding steroid dienone is 2. The number of rotatable bonds is 10. The third-order valence-electron chi connectivity index (χ3n) is 7.88. The van der Waals surface area contributed by atoms with Crippen LogP contribution >= 0.6 is 0 Å². The lowest BCUT2D eigenvalue weighted by Crippen LogP contribution is -2.40. The number of carbonyl (C=O) groups is 2. The predicted octanol–water partition coefficient (Wildman–Crippen LogP) is 4.90. The molecule has 39 heavy (non-hydrogen) atoms. The molecule has 1 fully saturated rings. The van der Waals surface area contributed by atoms with Gasteiger partial charge in [-0.15, -0.1) is 0 Å². The van der Waals surface area contributed by atoms with E-state index in [0.717, 1.165) is 45.3 Å². The lowest BCUT2D eigenvalue weighted by molar-refractivity contribution is -0.384. The fourth-order valence-electron chi connectivity index (χ4n) is 5.90. The molecule has 206 valence electrons. The molecule has 1 saturated heterocycles. The topological polar surface area (TPSA) is 105 Å². The van der Waals surface area contributed by atoms with Crippen molar-refractivity contribution in [3.8, 4) is 0 Å².